The summed E-state index contributed by atoms with van der Waals surface area (Å²) >= 11 is 0. The Kier molecular flexibility index (Phi) is 5.35. The zero-order valence-corrected chi connectivity index (χ0v) is 14.7. The number of hydrogen-bond donors (Lipinski definition) is 2. The lowest BCUT2D eigenvalue weighted by atomic mass is 10.1. The molecule has 3 aromatic rings. The van der Waals surface area contributed by atoms with Crippen LogP contribution in [0.5, 0.6) is 0 Å². The lowest BCUT2D eigenvalue weighted by molar-refractivity contribution is -0.384. The van der Waals surface area contributed by atoms with E-state index < -0.39 is 16.3 Å². The van der Waals surface area contributed by atoms with E-state index in [0.717, 1.165) is 0 Å². The molecule has 140 valence electrons. The van der Waals surface area contributed by atoms with Gasteiger partial charge >= 0.3 is 0 Å². The molecule has 0 spiro atoms. The van der Waals surface area contributed by atoms with E-state index in [1.54, 1.807) is 43.3 Å². The first-order chi connectivity index (χ1) is 13.4. The molecule has 28 heavy (non-hydrogen) atoms. The van der Waals surface area contributed by atoms with Gasteiger partial charge in [0.2, 0.25) is 5.78 Å². The van der Waals surface area contributed by atoms with Crippen LogP contribution in [0.3, 0.4) is 0 Å². The normalized spacial score (nSPS) is 11.1. The summed E-state index contributed by atoms with van der Waals surface area (Å²) in [5, 5.41) is 15.0. The molecule has 9 heteroatoms. The second-order valence-corrected chi connectivity index (χ2v) is 5.81. The topological polar surface area (TPSA) is 130 Å². The van der Waals surface area contributed by atoms with E-state index in [9.17, 15) is 19.7 Å². The number of H-pyrrole nitrogens is 1. The highest BCUT2D eigenvalue weighted by molar-refractivity contribution is 6.50. The molecule has 1 heterocycles. The third-order valence-electron chi connectivity index (χ3n) is 3.70. The van der Waals surface area contributed by atoms with Crippen molar-refractivity contribution >= 4 is 22.9 Å². The minimum Gasteiger partial charge on any atom is -0.305 e. The second-order valence-electron chi connectivity index (χ2n) is 5.81. The van der Waals surface area contributed by atoms with Crippen molar-refractivity contribution in [1.29, 1.82) is 0 Å². The van der Waals surface area contributed by atoms with E-state index in [1.165, 1.54) is 24.3 Å². The van der Waals surface area contributed by atoms with Gasteiger partial charge in [-0.25, -0.2) is 4.98 Å². The molecule has 0 unspecified atom stereocenters. The Hall–Kier alpha value is -4.14. The number of aromatic nitrogens is 2. The van der Waals surface area contributed by atoms with Crippen LogP contribution in [0.15, 0.2) is 70.6 Å². The minimum atomic E-state index is -0.537. The third-order valence-corrected chi connectivity index (χ3v) is 3.70. The van der Waals surface area contributed by atoms with Crippen LogP contribution >= 0.6 is 0 Å². The van der Waals surface area contributed by atoms with Crippen molar-refractivity contribution in [2.24, 2.45) is 5.10 Å². The van der Waals surface area contributed by atoms with E-state index >= 15 is 0 Å². The van der Waals surface area contributed by atoms with Gasteiger partial charge in [0.15, 0.2) is 11.5 Å². The summed E-state index contributed by atoms with van der Waals surface area (Å²) in [7, 11) is 0. The molecule has 0 radical (unpaired) electrons. The highest BCUT2D eigenvalue weighted by Crippen LogP contribution is 2.17. The third kappa shape index (κ3) is 4.33. The molecule has 0 saturated heterocycles. The molecule has 3 rings (SSSR count). The highest BCUT2D eigenvalue weighted by Gasteiger charge is 2.19. The Balaban J connectivity index is 2.04. The molecule has 0 bridgehead atoms. The molecule has 0 amide bonds. The molecule has 0 aliphatic heterocycles. The zero-order valence-electron chi connectivity index (χ0n) is 14.7. The van der Waals surface area contributed by atoms with Crippen LogP contribution < -0.4 is 11.0 Å². The fourth-order valence-corrected chi connectivity index (χ4v) is 2.44. The van der Waals surface area contributed by atoms with E-state index in [1.807, 2.05) is 0 Å². The van der Waals surface area contributed by atoms with Crippen molar-refractivity contribution in [3.63, 3.8) is 0 Å². The zero-order chi connectivity index (χ0) is 20.1. The molecule has 0 aliphatic rings. The Morgan fingerprint density at radius 2 is 1.89 bits per heavy atom. The van der Waals surface area contributed by atoms with E-state index in [0.29, 0.717) is 16.9 Å². The van der Waals surface area contributed by atoms with Crippen LogP contribution in [-0.2, 0) is 0 Å². The molecule has 0 atom stereocenters. The first kappa shape index (κ1) is 18.6. The number of nitro benzene ring substituents is 1. The van der Waals surface area contributed by atoms with Gasteiger partial charge in [0, 0.05) is 29.5 Å². The van der Waals surface area contributed by atoms with Crippen molar-refractivity contribution in [3.05, 3.63) is 98.2 Å². The van der Waals surface area contributed by atoms with Crippen LogP contribution in [0.4, 0.5) is 11.4 Å². The Morgan fingerprint density at radius 3 is 2.57 bits per heavy atom. The molecule has 2 aromatic carbocycles. The predicted octanol–water partition coefficient (Wildman–Crippen LogP) is 2.69. The van der Waals surface area contributed by atoms with E-state index in [-0.39, 0.29) is 17.2 Å². The maximum atomic E-state index is 12.9. The number of rotatable bonds is 6. The molecule has 2 N–H and O–H groups in total. The van der Waals surface area contributed by atoms with Gasteiger partial charge in [-0.1, -0.05) is 36.4 Å². The number of nitrogens with one attached hydrogen (secondary N) is 2. The highest BCUT2D eigenvalue weighted by atomic mass is 16.6. The lowest BCUT2D eigenvalue weighted by Gasteiger charge is -2.07. The van der Waals surface area contributed by atoms with Crippen molar-refractivity contribution < 1.29 is 9.72 Å². The number of benzene rings is 2. The second kappa shape index (κ2) is 8.04. The fourth-order valence-electron chi connectivity index (χ4n) is 2.44. The van der Waals surface area contributed by atoms with Crippen molar-refractivity contribution in [2.45, 2.75) is 6.92 Å². The van der Waals surface area contributed by atoms with Crippen molar-refractivity contribution in [3.8, 4) is 0 Å². The van der Waals surface area contributed by atoms with Gasteiger partial charge in [-0.15, -0.1) is 0 Å². The summed E-state index contributed by atoms with van der Waals surface area (Å²) in [5.41, 5.74) is 3.03. The monoisotopic (exact) mass is 377 g/mol. The van der Waals surface area contributed by atoms with Gasteiger partial charge in [0.05, 0.1) is 10.6 Å². The van der Waals surface area contributed by atoms with Gasteiger partial charge in [-0.2, -0.15) is 5.10 Å². The first-order valence-electron chi connectivity index (χ1n) is 8.20. The number of carbonyl (C=O) groups is 1. The summed E-state index contributed by atoms with van der Waals surface area (Å²) in [4.78, 5) is 41.8. The number of carbonyl (C=O) groups excluding carboxylic acids is 1. The van der Waals surface area contributed by atoms with Crippen LogP contribution in [0, 0.1) is 17.0 Å². The van der Waals surface area contributed by atoms with Gasteiger partial charge in [-0.05, 0) is 13.0 Å². The Morgan fingerprint density at radius 1 is 1.14 bits per heavy atom. The number of ketones is 1. The molecular formula is C19H15N5O4. The molecule has 0 saturated carbocycles. The molecule has 1 aromatic heterocycles. The molecular weight excluding hydrogens is 362 g/mol. The number of hydrazone groups is 1. The van der Waals surface area contributed by atoms with E-state index in [4.69, 9.17) is 0 Å². The minimum absolute atomic E-state index is 0.00298. The van der Waals surface area contributed by atoms with Crippen LogP contribution in [-0.4, -0.2) is 26.4 Å². The Bertz CT molecular complexity index is 1120. The number of hydrogen-bond acceptors (Lipinski definition) is 7. The fraction of sp³-hybridized carbons (Fsp3) is 0.0526. The number of anilines is 1. The SMILES string of the molecule is Cc1cc(=O)[nH]c(/C(=N\Nc2cccc([N+](=O)[O-])c2)C(=O)c2ccccc2)n1. The van der Waals surface area contributed by atoms with Gasteiger partial charge < -0.3 is 4.98 Å². The van der Waals surface area contributed by atoms with Crippen molar-refractivity contribution in [1.82, 2.24) is 9.97 Å². The number of nitro groups is 1. The molecule has 0 fully saturated rings. The largest absolute Gasteiger partial charge is 0.305 e. The van der Waals surface area contributed by atoms with Crippen LogP contribution in [0.1, 0.15) is 21.9 Å². The quantitative estimate of drug-likeness (QED) is 0.294. The number of non-ortho nitro benzene ring substituents is 1. The van der Waals surface area contributed by atoms with Gasteiger partial charge in [0.25, 0.3) is 11.2 Å². The summed E-state index contributed by atoms with van der Waals surface area (Å²) in [5.74, 6) is -0.468. The Labute approximate surface area is 158 Å². The van der Waals surface area contributed by atoms with Crippen LogP contribution in [0.2, 0.25) is 0 Å². The smallest absolute Gasteiger partial charge is 0.271 e. The number of Topliss-reactive ketones (excluding diaryl/α,β-unsaturated/α-hetero) is 1. The van der Waals surface area contributed by atoms with E-state index in [2.05, 4.69) is 20.5 Å². The summed E-state index contributed by atoms with van der Waals surface area (Å²) in [6.45, 7) is 1.62. The lowest BCUT2D eigenvalue weighted by Crippen LogP contribution is -2.24. The molecule has 9 nitrogen and oxygen atoms in total. The average Bonchev–Trinajstić information content (AvgIpc) is 2.68. The van der Waals surface area contributed by atoms with Gasteiger partial charge in [-0.3, -0.25) is 25.1 Å². The summed E-state index contributed by atoms with van der Waals surface area (Å²) < 4.78 is 0. The first-order valence-corrected chi connectivity index (χ1v) is 8.20. The predicted molar refractivity (Wildman–Crippen MR) is 104 cm³/mol. The summed E-state index contributed by atoms with van der Waals surface area (Å²) in [6.07, 6.45) is 0. The molecule has 0 aliphatic carbocycles. The average molecular weight is 377 g/mol. The van der Waals surface area contributed by atoms with Gasteiger partial charge in [0.1, 0.15) is 0 Å². The van der Waals surface area contributed by atoms with Crippen LogP contribution in [0.25, 0.3) is 0 Å². The standard InChI is InChI=1S/C19H15N5O4/c1-12-10-16(25)21-19(20-12)17(18(26)13-6-3-2-4-7-13)23-22-14-8-5-9-15(11-14)24(27)28/h2-11,22H,1H3,(H,20,21,25)/b23-17-. The number of aromatic amines is 1. The maximum Gasteiger partial charge on any atom is 0.271 e. The van der Waals surface area contributed by atoms with Crippen molar-refractivity contribution in [2.75, 3.05) is 5.43 Å². The summed E-state index contributed by atoms with van der Waals surface area (Å²) in [6, 6.07) is 15.3. The number of nitrogens with zero attached hydrogens (tertiary/aromatic N) is 3. The number of aryl methyl sites for hydroxylation is 1. The maximum absolute atomic E-state index is 12.9.